The van der Waals surface area contributed by atoms with Crippen molar-refractivity contribution in [3.63, 3.8) is 0 Å². The minimum Gasteiger partial charge on any atom is -0.466 e. The van der Waals surface area contributed by atoms with Gasteiger partial charge in [-0.3, -0.25) is 9.59 Å². The second-order valence-corrected chi connectivity index (χ2v) is 7.22. The average molecular weight is 381 g/mol. The Labute approximate surface area is 162 Å². The number of hydrogen-bond acceptors (Lipinski definition) is 5. The smallest absolute Gasteiger partial charge is 0.266 e. The second-order valence-electron chi connectivity index (χ2n) is 7.22. The van der Waals surface area contributed by atoms with Gasteiger partial charge in [0.05, 0.1) is 5.56 Å². The maximum atomic E-state index is 12.7. The molecule has 0 saturated carbocycles. The molecule has 1 aliphatic rings. The van der Waals surface area contributed by atoms with Crippen molar-refractivity contribution >= 4 is 5.91 Å². The van der Waals surface area contributed by atoms with Crippen molar-refractivity contribution in [3.8, 4) is 5.82 Å². The molecular formula is C20H23N5O3. The Balaban J connectivity index is 1.41. The summed E-state index contributed by atoms with van der Waals surface area (Å²) in [6.07, 6.45) is 5.14. The van der Waals surface area contributed by atoms with Crippen LogP contribution in [-0.2, 0) is 6.54 Å². The lowest BCUT2D eigenvalue weighted by Gasteiger charge is -2.32. The maximum Gasteiger partial charge on any atom is 0.266 e. The molecule has 146 valence electrons. The van der Waals surface area contributed by atoms with Crippen molar-refractivity contribution < 1.29 is 9.21 Å². The fourth-order valence-corrected chi connectivity index (χ4v) is 3.67. The number of amides is 1. The number of hydrogen-bond donors (Lipinski definition) is 0. The number of piperidine rings is 1. The predicted molar refractivity (Wildman–Crippen MR) is 102 cm³/mol. The molecule has 0 radical (unpaired) electrons. The number of likely N-dealkylation sites (tertiary alicyclic amines) is 1. The average Bonchev–Trinajstić information content (AvgIpc) is 3.33. The second kappa shape index (κ2) is 7.46. The number of rotatable bonds is 4. The van der Waals surface area contributed by atoms with Gasteiger partial charge in [-0.25, -0.2) is 9.36 Å². The Morgan fingerprint density at radius 2 is 2.04 bits per heavy atom. The summed E-state index contributed by atoms with van der Waals surface area (Å²) in [6, 6.07) is 6.80. The van der Waals surface area contributed by atoms with Gasteiger partial charge in [-0.2, -0.15) is 5.10 Å². The molecule has 0 spiro atoms. The Hall–Kier alpha value is -3.16. The first-order valence-electron chi connectivity index (χ1n) is 9.46. The lowest BCUT2D eigenvalue weighted by Crippen LogP contribution is -2.40. The van der Waals surface area contributed by atoms with Gasteiger partial charge in [-0.15, -0.1) is 5.10 Å². The lowest BCUT2D eigenvalue weighted by atomic mass is 9.96. The third-order valence-corrected chi connectivity index (χ3v) is 5.20. The molecule has 0 N–H and O–H groups in total. The Morgan fingerprint density at radius 1 is 1.25 bits per heavy atom. The van der Waals surface area contributed by atoms with Gasteiger partial charge >= 0.3 is 0 Å². The predicted octanol–water partition coefficient (Wildman–Crippen LogP) is 2.19. The van der Waals surface area contributed by atoms with Crippen molar-refractivity contribution in [1.29, 1.82) is 0 Å². The van der Waals surface area contributed by atoms with Gasteiger partial charge in [0.1, 0.15) is 11.5 Å². The van der Waals surface area contributed by atoms with Crippen molar-refractivity contribution in [2.24, 2.45) is 5.92 Å². The molecule has 1 fully saturated rings. The molecule has 0 unspecified atom stereocenters. The van der Waals surface area contributed by atoms with Crippen LogP contribution in [0.25, 0.3) is 5.82 Å². The van der Waals surface area contributed by atoms with Gasteiger partial charge in [0, 0.05) is 38.1 Å². The van der Waals surface area contributed by atoms with E-state index in [2.05, 4.69) is 10.2 Å². The summed E-state index contributed by atoms with van der Waals surface area (Å²) in [5.41, 5.74) is 0.514. The summed E-state index contributed by atoms with van der Waals surface area (Å²) in [5, 5.41) is 8.59. The Morgan fingerprint density at radius 3 is 2.68 bits per heavy atom. The molecule has 4 rings (SSSR count). The number of furan rings is 1. The van der Waals surface area contributed by atoms with Crippen LogP contribution in [0.5, 0.6) is 0 Å². The molecule has 28 heavy (non-hydrogen) atoms. The van der Waals surface area contributed by atoms with E-state index in [9.17, 15) is 9.59 Å². The first-order chi connectivity index (χ1) is 13.5. The van der Waals surface area contributed by atoms with Gasteiger partial charge in [0.25, 0.3) is 11.5 Å². The van der Waals surface area contributed by atoms with Crippen molar-refractivity contribution in [2.45, 2.75) is 33.2 Å². The molecule has 0 bridgehead atoms. The zero-order valence-electron chi connectivity index (χ0n) is 16.0. The van der Waals surface area contributed by atoms with Crippen molar-refractivity contribution in [1.82, 2.24) is 24.5 Å². The largest absolute Gasteiger partial charge is 0.466 e. The van der Waals surface area contributed by atoms with E-state index < -0.39 is 0 Å². The SMILES string of the molecule is Cc1cc(C(=O)N2CCC(Cn3nc(-n4cccn4)ccc3=O)CC2)c(C)o1. The van der Waals surface area contributed by atoms with Crippen molar-refractivity contribution in [2.75, 3.05) is 13.1 Å². The third kappa shape index (κ3) is 3.62. The molecule has 1 aliphatic heterocycles. The summed E-state index contributed by atoms with van der Waals surface area (Å²) in [7, 11) is 0. The molecule has 3 aromatic heterocycles. The van der Waals surface area contributed by atoms with Crippen LogP contribution in [-0.4, -0.2) is 43.5 Å². The summed E-state index contributed by atoms with van der Waals surface area (Å²) in [6.45, 7) is 5.54. The van der Waals surface area contributed by atoms with Crippen LogP contribution in [0.1, 0.15) is 34.7 Å². The monoisotopic (exact) mass is 381 g/mol. The van der Waals surface area contributed by atoms with E-state index in [-0.39, 0.29) is 11.5 Å². The highest BCUT2D eigenvalue weighted by atomic mass is 16.3. The standard InChI is InChI=1S/C20H23N5O3/c1-14-12-17(15(2)28-14)20(27)23-10-6-16(7-11-23)13-25-19(26)5-4-18(22-25)24-9-3-8-21-24/h3-5,8-9,12,16H,6-7,10-11,13H2,1-2H3. The fourth-order valence-electron chi connectivity index (χ4n) is 3.67. The molecule has 0 atom stereocenters. The quantitative estimate of drug-likeness (QED) is 0.691. The number of carbonyl (C=O) groups is 1. The van der Waals surface area contributed by atoms with Crippen LogP contribution < -0.4 is 5.56 Å². The molecular weight excluding hydrogens is 358 g/mol. The molecule has 3 aromatic rings. The maximum absolute atomic E-state index is 12.7. The Kier molecular flexibility index (Phi) is 4.85. The molecule has 1 amide bonds. The molecule has 0 aromatic carbocycles. The van der Waals surface area contributed by atoms with E-state index >= 15 is 0 Å². The minimum atomic E-state index is -0.126. The van der Waals surface area contributed by atoms with Crippen LogP contribution in [0.3, 0.4) is 0 Å². The highest BCUT2D eigenvalue weighted by Gasteiger charge is 2.26. The minimum absolute atomic E-state index is 0.0174. The van der Waals surface area contributed by atoms with Crippen LogP contribution in [0.15, 0.2) is 45.9 Å². The summed E-state index contributed by atoms with van der Waals surface area (Å²) in [5.74, 6) is 2.34. The van der Waals surface area contributed by atoms with Gasteiger partial charge < -0.3 is 9.32 Å². The van der Waals surface area contributed by atoms with E-state index in [1.165, 1.54) is 10.7 Å². The third-order valence-electron chi connectivity index (χ3n) is 5.20. The zero-order valence-corrected chi connectivity index (χ0v) is 16.0. The molecule has 4 heterocycles. The van der Waals surface area contributed by atoms with E-state index in [0.29, 0.717) is 42.7 Å². The number of aromatic nitrogens is 4. The highest BCUT2D eigenvalue weighted by molar-refractivity contribution is 5.95. The van der Waals surface area contributed by atoms with Crippen LogP contribution in [0, 0.1) is 19.8 Å². The van der Waals surface area contributed by atoms with E-state index in [4.69, 9.17) is 4.42 Å². The molecule has 8 heteroatoms. The van der Waals surface area contributed by atoms with E-state index in [1.54, 1.807) is 29.2 Å². The molecule has 8 nitrogen and oxygen atoms in total. The summed E-state index contributed by atoms with van der Waals surface area (Å²) >= 11 is 0. The number of nitrogens with zero attached hydrogens (tertiary/aromatic N) is 5. The van der Waals surface area contributed by atoms with Gasteiger partial charge in [-0.05, 0) is 50.8 Å². The van der Waals surface area contributed by atoms with Crippen LogP contribution in [0.4, 0.5) is 0 Å². The van der Waals surface area contributed by atoms with Gasteiger partial charge in [-0.1, -0.05) is 0 Å². The van der Waals surface area contributed by atoms with E-state index in [1.807, 2.05) is 24.8 Å². The topological polar surface area (TPSA) is 86.2 Å². The van der Waals surface area contributed by atoms with Crippen LogP contribution >= 0.6 is 0 Å². The Bertz CT molecular complexity index is 1030. The highest BCUT2D eigenvalue weighted by Crippen LogP contribution is 2.22. The first-order valence-corrected chi connectivity index (χ1v) is 9.46. The van der Waals surface area contributed by atoms with E-state index in [0.717, 1.165) is 18.6 Å². The normalized spacial score (nSPS) is 15.1. The number of carbonyl (C=O) groups excluding carboxylic acids is 1. The zero-order chi connectivity index (χ0) is 19.7. The fraction of sp³-hybridized carbons (Fsp3) is 0.400. The summed E-state index contributed by atoms with van der Waals surface area (Å²) < 4.78 is 8.61. The molecule has 0 aliphatic carbocycles. The van der Waals surface area contributed by atoms with Gasteiger partial charge in [0.2, 0.25) is 0 Å². The first kappa shape index (κ1) is 18.2. The summed E-state index contributed by atoms with van der Waals surface area (Å²) in [4.78, 5) is 26.8. The van der Waals surface area contributed by atoms with Crippen LogP contribution in [0.2, 0.25) is 0 Å². The molecule has 1 saturated heterocycles. The van der Waals surface area contributed by atoms with Gasteiger partial charge in [0.15, 0.2) is 5.82 Å². The van der Waals surface area contributed by atoms with Crippen molar-refractivity contribution in [3.05, 3.63) is 64.1 Å². The lowest BCUT2D eigenvalue weighted by molar-refractivity contribution is 0.0678. The number of aryl methyl sites for hydroxylation is 2.